The van der Waals surface area contributed by atoms with E-state index in [1.165, 1.54) is 18.2 Å². The summed E-state index contributed by atoms with van der Waals surface area (Å²) in [6.45, 7) is 2.05. The van der Waals surface area contributed by atoms with Crippen molar-refractivity contribution < 1.29 is 9.18 Å². The van der Waals surface area contributed by atoms with Crippen molar-refractivity contribution >= 4 is 11.7 Å². The molecule has 6 heteroatoms. The van der Waals surface area contributed by atoms with E-state index in [0.717, 1.165) is 18.5 Å². The van der Waals surface area contributed by atoms with Crippen molar-refractivity contribution in [3.05, 3.63) is 41.6 Å². The number of carbonyl (C=O) groups is 1. The second-order valence-corrected chi connectivity index (χ2v) is 3.83. The van der Waals surface area contributed by atoms with E-state index in [2.05, 4.69) is 27.4 Å². The van der Waals surface area contributed by atoms with Crippen LogP contribution in [0.5, 0.6) is 0 Å². The zero-order valence-electron chi connectivity index (χ0n) is 9.90. The number of carbonyl (C=O) groups excluding carboxylic acids is 1. The summed E-state index contributed by atoms with van der Waals surface area (Å²) in [7, 11) is 0. The highest BCUT2D eigenvalue weighted by molar-refractivity contribution is 6.02. The van der Waals surface area contributed by atoms with Crippen LogP contribution < -0.4 is 5.32 Å². The lowest BCUT2D eigenvalue weighted by Crippen LogP contribution is -2.14. The van der Waals surface area contributed by atoms with Gasteiger partial charge in [0.05, 0.1) is 0 Å². The van der Waals surface area contributed by atoms with Gasteiger partial charge in [0.25, 0.3) is 5.91 Å². The lowest BCUT2D eigenvalue weighted by molar-refractivity contribution is 0.102. The summed E-state index contributed by atoms with van der Waals surface area (Å²) in [5.41, 5.74) is 0.968. The largest absolute Gasteiger partial charge is 0.304 e. The van der Waals surface area contributed by atoms with Crippen molar-refractivity contribution in [3.8, 4) is 0 Å². The molecule has 2 N–H and O–H groups in total. The maximum absolute atomic E-state index is 12.9. The van der Waals surface area contributed by atoms with E-state index < -0.39 is 11.9 Å². The van der Waals surface area contributed by atoms with E-state index in [1.54, 1.807) is 6.07 Å². The number of amides is 1. The Morgan fingerprint density at radius 1 is 1.50 bits per heavy atom. The predicted octanol–water partition coefficient (Wildman–Crippen LogP) is 2.15. The number of nitrogens with zero attached hydrogens (tertiary/aromatic N) is 2. The number of aromatic amines is 1. The molecule has 0 aliphatic carbocycles. The van der Waals surface area contributed by atoms with Gasteiger partial charge >= 0.3 is 0 Å². The van der Waals surface area contributed by atoms with Crippen LogP contribution in [0, 0.1) is 5.95 Å². The van der Waals surface area contributed by atoms with Gasteiger partial charge in [0.1, 0.15) is 5.69 Å². The second kappa shape index (κ2) is 5.39. The molecule has 0 aliphatic heterocycles. The second-order valence-electron chi connectivity index (χ2n) is 3.83. The van der Waals surface area contributed by atoms with Crippen molar-refractivity contribution in [2.75, 3.05) is 5.32 Å². The Bertz CT molecular complexity index is 553. The van der Waals surface area contributed by atoms with Crippen LogP contribution in [-0.2, 0) is 6.42 Å². The average Bonchev–Trinajstić information content (AvgIpc) is 2.77. The van der Waals surface area contributed by atoms with Crippen LogP contribution in [0.4, 0.5) is 10.2 Å². The van der Waals surface area contributed by atoms with Crippen LogP contribution in [-0.4, -0.2) is 21.1 Å². The number of aryl methyl sites for hydroxylation is 1. The van der Waals surface area contributed by atoms with Gasteiger partial charge in [0, 0.05) is 11.8 Å². The summed E-state index contributed by atoms with van der Waals surface area (Å²) in [4.78, 5) is 15.2. The first kappa shape index (κ1) is 12.2. The fourth-order valence-corrected chi connectivity index (χ4v) is 1.54. The van der Waals surface area contributed by atoms with E-state index in [9.17, 15) is 9.18 Å². The molecule has 0 bridgehead atoms. The molecule has 2 aromatic heterocycles. The molecule has 2 heterocycles. The fraction of sp³-hybridized carbons (Fsp3) is 0.250. The number of hydrogen-bond donors (Lipinski definition) is 2. The van der Waals surface area contributed by atoms with Gasteiger partial charge in [-0.1, -0.05) is 19.4 Å². The molecule has 18 heavy (non-hydrogen) atoms. The highest BCUT2D eigenvalue weighted by Gasteiger charge is 2.10. The van der Waals surface area contributed by atoms with Gasteiger partial charge in [-0.2, -0.15) is 9.49 Å². The van der Waals surface area contributed by atoms with Gasteiger partial charge in [0.2, 0.25) is 5.95 Å². The van der Waals surface area contributed by atoms with E-state index in [0.29, 0.717) is 5.82 Å². The maximum atomic E-state index is 12.9. The van der Waals surface area contributed by atoms with Crippen molar-refractivity contribution in [1.29, 1.82) is 0 Å². The molecule has 0 spiro atoms. The van der Waals surface area contributed by atoms with E-state index in [4.69, 9.17) is 0 Å². The lowest BCUT2D eigenvalue weighted by Gasteiger charge is -2.00. The normalized spacial score (nSPS) is 10.3. The Morgan fingerprint density at radius 3 is 3.06 bits per heavy atom. The number of hydrogen-bond acceptors (Lipinski definition) is 3. The molecule has 0 radical (unpaired) electrons. The van der Waals surface area contributed by atoms with Gasteiger partial charge < -0.3 is 5.32 Å². The topological polar surface area (TPSA) is 70.7 Å². The zero-order valence-corrected chi connectivity index (χ0v) is 9.90. The molecule has 0 unspecified atom stereocenters. The molecule has 0 fully saturated rings. The number of nitrogens with one attached hydrogen (secondary N) is 2. The Kier molecular flexibility index (Phi) is 3.66. The monoisotopic (exact) mass is 248 g/mol. The van der Waals surface area contributed by atoms with Crippen LogP contribution >= 0.6 is 0 Å². The van der Waals surface area contributed by atoms with Gasteiger partial charge in [0.15, 0.2) is 5.82 Å². The molecule has 94 valence electrons. The van der Waals surface area contributed by atoms with E-state index in [-0.39, 0.29) is 5.69 Å². The SMILES string of the molecule is CCCc1cc(NC(=O)c2cccc(F)n2)n[nH]1. The predicted molar refractivity (Wildman–Crippen MR) is 64.7 cm³/mol. The summed E-state index contributed by atoms with van der Waals surface area (Å²) in [5.74, 6) is -0.755. The van der Waals surface area contributed by atoms with E-state index >= 15 is 0 Å². The average molecular weight is 248 g/mol. The first-order valence-electron chi connectivity index (χ1n) is 5.67. The summed E-state index contributed by atoms with van der Waals surface area (Å²) in [5, 5.41) is 9.31. The number of pyridine rings is 1. The number of H-pyrrole nitrogens is 1. The Hall–Kier alpha value is -2.24. The molecule has 2 rings (SSSR count). The summed E-state index contributed by atoms with van der Waals surface area (Å²) < 4.78 is 12.9. The van der Waals surface area contributed by atoms with Gasteiger partial charge in [-0.05, 0) is 18.6 Å². The number of halogens is 1. The lowest BCUT2D eigenvalue weighted by atomic mass is 10.2. The molecule has 0 aromatic carbocycles. The highest BCUT2D eigenvalue weighted by Crippen LogP contribution is 2.09. The molecule has 0 aliphatic rings. The molecule has 0 atom stereocenters. The van der Waals surface area contributed by atoms with Gasteiger partial charge in [-0.15, -0.1) is 0 Å². The smallest absolute Gasteiger partial charge is 0.275 e. The quantitative estimate of drug-likeness (QED) is 0.814. The van der Waals surface area contributed by atoms with Crippen molar-refractivity contribution in [2.45, 2.75) is 19.8 Å². The van der Waals surface area contributed by atoms with Crippen LogP contribution in [0.3, 0.4) is 0 Å². The molecule has 0 saturated heterocycles. The summed E-state index contributed by atoms with van der Waals surface area (Å²) >= 11 is 0. The Balaban J connectivity index is 2.06. The first-order valence-corrected chi connectivity index (χ1v) is 5.67. The summed E-state index contributed by atoms with van der Waals surface area (Å²) in [6, 6.07) is 5.81. The molecule has 1 amide bonds. The standard InChI is InChI=1S/C12H13FN4O/c1-2-4-8-7-11(17-16-8)15-12(18)9-5-3-6-10(13)14-9/h3,5-7H,2,4H2,1H3,(H2,15,16,17,18). The zero-order chi connectivity index (χ0) is 13.0. The van der Waals surface area contributed by atoms with Crippen molar-refractivity contribution in [3.63, 3.8) is 0 Å². The maximum Gasteiger partial charge on any atom is 0.275 e. The molecule has 2 aromatic rings. The fourth-order valence-electron chi connectivity index (χ4n) is 1.54. The molecular weight excluding hydrogens is 235 g/mol. The minimum absolute atomic E-state index is 0.0232. The van der Waals surface area contributed by atoms with Crippen molar-refractivity contribution in [2.24, 2.45) is 0 Å². The number of anilines is 1. The molecular formula is C12H13FN4O. The molecule has 5 nitrogen and oxygen atoms in total. The van der Waals surface area contributed by atoms with Crippen molar-refractivity contribution in [1.82, 2.24) is 15.2 Å². The Labute approximate surface area is 103 Å². The Morgan fingerprint density at radius 2 is 2.33 bits per heavy atom. The number of rotatable bonds is 4. The molecule has 0 saturated carbocycles. The van der Waals surface area contributed by atoms with Crippen LogP contribution in [0.2, 0.25) is 0 Å². The van der Waals surface area contributed by atoms with Gasteiger partial charge in [-0.25, -0.2) is 4.98 Å². The third kappa shape index (κ3) is 2.91. The van der Waals surface area contributed by atoms with Crippen LogP contribution in [0.15, 0.2) is 24.3 Å². The third-order valence-corrected chi connectivity index (χ3v) is 2.34. The minimum Gasteiger partial charge on any atom is -0.304 e. The highest BCUT2D eigenvalue weighted by atomic mass is 19.1. The minimum atomic E-state index is -0.684. The van der Waals surface area contributed by atoms with Crippen LogP contribution in [0.1, 0.15) is 29.5 Å². The van der Waals surface area contributed by atoms with Gasteiger partial charge in [-0.3, -0.25) is 9.89 Å². The summed E-state index contributed by atoms with van der Waals surface area (Å²) in [6.07, 6.45) is 1.85. The van der Waals surface area contributed by atoms with E-state index in [1.807, 2.05) is 0 Å². The third-order valence-electron chi connectivity index (χ3n) is 2.34. The first-order chi connectivity index (χ1) is 8.69. The number of aromatic nitrogens is 3. The van der Waals surface area contributed by atoms with Crippen LogP contribution in [0.25, 0.3) is 0 Å².